The van der Waals surface area contributed by atoms with Crippen LogP contribution < -0.4 is 11.1 Å². The van der Waals surface area contributed by atoms with Gasteiger partial charge >= 0.3 is 5.97 Å². The topological polar surface area (TPSA) is 153 Å². The third kappa shape index (κ3) is 6.31. The number of aliphatic carboxylic acids is 1. The molecule has 4 rings (SSSR count). The molecule has 0 unspecified atom stereocenters. The van der Waals surface area contributed by atoms with Crippen LogP contribution in [-0.4, -0.2) is 81.0 Å². The molecule has 2 saturated heterocycles. The van der Waals surface area contributed by atoms with E-state index < -0.39 is 42.0 Å². The summed E-state index contributed by atoms with van der Waals surface area (Å²) in [5, 5.41) is 21.9. The zero-order chi connectivity index (χ0) is 27.2. The molecule has 0 aliphatic carbocycles. The molecule has 2 fully saturated rings. The number of nitrogens with two attached hydrogens (primary N) is 1. The van der Waals surface area contributed by atoms with E-state index in [1.807, 2.05) is 30.3 Å². The summed E-state index contributed by atoms with van der Waals surface area (Å²) in [5.74, 6) is -2.18. The van der Waals surface area contributed by atoms with Crippen LogP contribution >= 0.6 is 0 Å². The second-order valence-corrected chi connectivity index (χ2v) is 9.95. The van der Waals surface area contributed by atoms with Gasteiger partial charge in [0.2, 0.25) is 17.7 Å². The maximum atomic E-state index is 13.5. The van der Waals surface area contributed by atoms with Gasteiger partial charge in [0.1, 0.15) is 23.9 Å². The first-order chi connectivity index (χ1) is 18.2. The van der Waals surface area contributed by atoms with Crippen LogP contribution in [0.4, 0.5) is 0 Å². The van der Waals surface area contributed by atoms with Crippen LogP contribution in [0.15, 0.2) is 54.6 Å². The number of carboxylic acid groups (broad SMARTS) is 1. The number of nitrogens with one attached hydrogen (secondary N) is 1. The lowest BCUT2D eigenvalue weighted by Crippen LogP contribution is -2.57. The van der Waals surface area contributed by atoms with Crippen LogP contribution in [0.2, 0.25) is 0 Å². The van der Waals surface area contributed by atoms with Gasteiger partial charge in [-0.1, -0.05) is 42.5 Å². The molecule has 2 aliphatic heterocycles. The van der Waals surface area contributed by atoms with Crippen molar-refractivity contribution in [2.24, 2.45) is 5.73 Å². The number of rotatable bonds is 9. The smallest absolute Gasteiger partial charge is 0.326 e. The van der Waals surface area contributed by atoms with Gasteiger partial charge in [-0.25, -0.2) is 4.79 Å². The van der Waals surface area contributed by atoms with Crippen LogP contribution in [0.1, 0.15) is 36.8 Å². The molecule has 3 amide bonds. The summed E-state index contributed by atoms with van der Waals surface area (Å²) in [7, 11) is 0. The van der Waals surface area contributed by atoms with Crippen molar-refractivity contribution in [3.05, 3.63) is 65.7 Å². The van der Waals surface area contributed by atoms with Crippen molar-refractivity contribution in [2.75, 3.05) is 13.1 Å². The summed E-state index contributed by atoms with van der Waals surface area (Å²) < 4.78 is 0. The minimum Gasteiger partial charge on any atom is -0.508 e. The Labute approximate surface area is 221 Å². The summed E-state index contributed by atoms with van der Waals surface area (Å²) in [6.07, 6.45) is 2.48. The number of aromatic hydroxyl groups is 1. The van der Waals surface area contributed by atoms with E-state index >= 15 is 0 Å². The van der Waals surface area contributed by atoms with Crippen molar-refractivity contribution in [3.8, 4) is 5.75 Å². The zero-order valence-electron chi connectivity index (χ0n) is 21.2. The summed E-state index contributed by atoms with van der Waals surface area (Å²) in [6.45, 7) is 0.696. The molecule has 0 saturated carbocycles. The lowest BCUT2D eigenvalue weighted by Gasteiger charge is -2.30. The van der Waals surface area contributed by atoms with Gasteiger partial charge in [0, 0.05) is 19.5 Å². The first kappa shape index (κ1) is 27.1. The molecule has 2 aliphatic rings. The molecule has 0 spiro atoms. The quantitative estimate of drug-likeness (QED) is 0.384. The van der Waals surface area contributed by atoms with Crippen LogP contribution in [0, 0.1) is 0 Å². The number of carbonyl (C=O) groups excluding carboxylic acids is 3. The number of carbonyl (C=O) groups is 4. The highest BCUT2D eigenvalue weighted by Gasteiger charge is 2.41. The maximum Gasteiger partial charge on any atom is 0.326 e. The predicted octanol–water partition coefficient (Wildman–Crippen LogP) is 1.06. The van der Waals surface area contributed by atoms with Gasteiger partial charge < -0.3 is 31.1 Å². The number of nitrogens with zero attached hydrogens (tertiary/aromatic N) is 2. The molecule has 10 heteroatoms. The van der Waals surface area contributed by atoms with Gasteiger partial charge in [-0.2, -0.15) is 0 Å². The van der Waals surface area contributed by atoms with E-state index in [9.17, 15) is 29.4 Å². The van der Waals surface area contributed by atoms with Crippen molar-refractivity contribution in [1.29, 1.82) is 0 Å². The molecule has 2 heterocycles. The predicted molar refractivity (Wildman–Crippen MR) is 139 cm³/mol. The van der Waals surface area contributed by atoms with Gasteiger partial charge in [0.05, 0.1) is 6.04 Å². The highest BCUT2D eigenvalue weighted by Crippen LogP contribution is 2.22. The van der Waals surface area contributed by atoms with E-state index in [0.717, 1.165) is 11.1 Å². The normalized spacial score (nSPS) is 20.7. The first-order valence-electron chi connectivity index (χ1n) is 13.0. The average molecular weight is 523 g/mol. The van der Waals surface area contributed by atoms with Gasteiger partial charge in [-0.3, -0.25) is 14.4 Å². The Bertz CT molecular complexity index is 1160. The minimum atomic E-state index is -1.06. The van der Waals surface area contributed by atoms with Crippen LogP contribution in [0.25, 0.3) is 0 Å². The highest BCUT2D eigenvalue weighted by molar-refractivity contribution is 5.94. The maximum absolute atomic E-state index is 13.5. The molecule has 5 N–H and O–H groups in total. The zero-order valence-corrected chi connectivity index (χ0v) is 21.2. The van der Waals surface area contributed by atoms with Gasteiger partial charge in [0.25, 0.3) is 0 Å². The molecule has 38 heavy (non-hydrogen) atoms. The highest BCUT2D eigenvalue weighted by atomic mass is 16.4. The van der Waals surface area contributed by atoms with E-state index in [4.69, 9.17) is 5.73 Å². The van der Waals surface area contributed by atoms with E-state index in [1.54, 1.807) is 12.1 Å². The average Bonchev–Trinajstić information content (AvgIpc) is 3.60. The lowest BCUT2D eigenvalue weighted by molar-refractivity contribution is -0.149. The fourth-order valence-corrected chi connectivity index (χ4v) is 5.29. The summed E-state index contributed by atoms with van der Waals surface area (Å²) in [5.41, 5.74) is 7.82. The Kier molecular flexibility index (Phi) is 8.62. The molecule has 0 aromatic heterocycles. The first-order valence-corrected chi connectivity index (χ1v) is 13.0. The molecular weight excluding hydrogens is 488 g/mol. The molecular formula is C28H34N4O6. The standard InChI is InChI=1S/C28H34N4O6/c29-21(16-19-10-12-20(33)13-11-19)26(35)31-14-4-8-23(31)25(34)30-22(17-18-6-2-1-3-7-18)27(36)32-15-5-9-24(32)28(37)38/h1-3,6-7,10-13,21-24,33H,4-5,8-9,14-17,29H2,(H,30,34)(H,37,38)/t21-,22-,23-,24-/m0/s1. The van der Waals surface area contributed by atoms with Crippen molar-refractivity contribution >= 4 is 23.7 Å². The van der Waals surface area contributed by atoms with Crippen LogP contribution in [-0.2, 0) is 32.0 Å². The molecule has 10 nitrogen and oxygen atoms in total. The summed E-state index contributed by atoms with van der Waals surface area (Å²) in [4.78, 5) is 54.7. The molecule has 2 aromatic carbocycles. The van der Waals surface area contributed by atoms with E-state index in [-0.39, 0.29) is 24.5 Å². The third-order valence-corrected chi connectivity index (χ3v) is 7.27. The number of phenolic OH excluding ortho intramolecular Hbond substituents is 1. The Morgan fingerprint density at radius 2 is 1.42 bits per heavy atom. The molecule has 202 valence electrons. The van der Waals surface area contributed by atoms with Crippen molar-refractivity contribution < 1.29 is 29.4 Å². The Morgan fingerprint density at radius 3 is 2.05 bits per heavy atom. The Balaban J connectivity index is 1.47. The number of amides is 3. The number of phenols is 1. The third-order valence-electron chi connectivity index (χ3n) is 7.27. The van der Waals surface area contributed by atoms with E-state index in [0.29, 0.717) is 38.8 Å². The monoisotopic (exact) mass is 522 g/mol. The van der Waals surface area contributed by atoms with Crippen LogP contribution in [0.3, 0.4) is 0 Å². The van der Waals surface area contributed by atoms with E-state index in [1.165, 1.54) is 21.9 Å². The number of benzene rings is 2. The number of hydrogen-bond acceptors (Lipinski definition) is 6. The number of carboxylic acids is 1. The lowest BCUT2D eigenvalue weighted by atomic mass is 10.0. The molecule has 0 bridgehead atoms. The van der Waals surface area contributed by atoms with Gasteiger partial charge in [0.15, 0.2) is 0 Å². The number of hydrogen-bond donors (Lipinski definition) is 4. The van der Waals surface area contributed by atoms with Crippen LogP contribution in [0.5, 0.6) is 5.75 Å². The fraction of sp³-hybridized carbons (Fsp3) is 0.429. The second-order valence-electron chi connectivity index (χ2n) is 9.95. The van der Waals surface area contributed by atoms with E-state index in [2.05, 4.69) is 5.32 Å². The van der Waals surface area contributed by atoms with Gasteiger partial charge in [-0.15, -0.1) is 0 Å². The molecule has 0 radical (unpaired) electrons. The largest absolute Gasteiger partial charge is 0.508 e. The summed E-state index contributed by atoms with van der Waals surface area (Å²) in [6, 6.07) is 12.1. The van der Waals surface area contributed by atoms with Gasteiger partial charge in [-0.05, 0) is 55.4 Å². The Hall–Kier alpha value is -3.92. The van der Waals surface area contributed by atoms with Crippen molar-refractivity contribution in [1.82, 2.24) is 15.1 Å². The number of likely N-dealkylation sites (tertiary alicyclic amines) is 2. The summed E-state index contributed by atoms with van der Waals surface area (Å²) >= 11 is 0. The molecule has 4 atom stereocenters. The molecule has 2 aromatic rings. The fourth-order valence-electron chi connectivity index (χ4n) is 5.29. The van der Waals surface area contributed by atoms with Crippen molar-refractivity contribution in [2.45, 2.75) is 62.7 Å². The Morgan fingerprint density at radius 1 is 0.842 bits per heavy atom. The SMILES string of the molecule is N[C@@H](Cc1ccc(O)cc1)C(=O)N1CCC[C@H]1C(=O)N[C@@H](Cc1ccccc1)C(=O)N1CCC[C@H]1C(=O)O. The van der Waals surface area contributed by atoms with Crippen molar-refractivity contribution in [3.63, 3.8) is 0 Å². The second kappa shape index (κ2) is 12.1. The minimum absolute atomic E-state index is 0.119.